The van der Waals surface area contributed by atoms with E-state index < -0.39 is 6.29 Å². The summed E-state index contributed by atoms with van der Waals surface area (Å²) in [5, 5.41) is 22.9. The Bertz CT molecular complexity index is 738. The molecule has 0 spiro atoms. The van der Waals surface area contributed by atoms with Crippen LogP contribution in [-0.4, -0.2) is 25.0 Å². The lowest BCUT2D eigenvalue weighted by molar-refractivity contribution is -0.0425. The molecule has 0 amide bonds. The summed E-state index contributed by atoms with van der Waals surface area (Å²) in [5.41, 5.74) is 2.65. The average molecular weight is 295 g/mol. The van der Waals surface area contributed by atoms with Crippen LogP contribution in [-0.2, 0) is 12.8 Å². The van der Waals surface area contributed by atoms with Crippen LogP contribution in [0.4, 0.5) is 0 Å². The minimum atomic E-state index is -1.50. The molecular formula is C17H17N3O2. The molecule has 2 aromatic heterocycles. The van der Waals surface area contributed by atoms with Gasteiger partial charge in [0, 0.05) is 18.0 Å². The Labute approximate surface area is 128 Å². The number of aromatic nitrogens is 3. The van der Waals surface area contributed by atoms with Gasteiger partial charge < -0.3 is 10.2 Å². The third-order valence-corrected chi connectivity index (χ3v) is 3.46. The molecule has 1 aromatic carbocycles. The largest absolute Gasteiger partial charge is 0.364 e. The van der Waals surface area contributed by atoms with Gasteiger partial charge in [0.05, 0.1) is 5.69 Å². The van der Waals surface area contributed by atoms with Gasteiger partial charge in [0.15, 0.2) is 12.1 Å². The first-order chi connectivity index (χ1) is 10.7. The molecule has 0 atom stereocenters. The van der Waals surface area contributed by atoms with Crippen LogP contribution in [0.25, 0.3) is 5.82 Å². The molecule has 2 heterocycles. The zero-order valence-corrected chi connectivity index (χ0v) is 12.0. The Morgan fingerprint density at radius 2 is 1.82 bits per heavy atom. The minimum Gasteiger partial charge on any atom is -0.364 e. The molecule has 22 heavy (non-hydrogen) atoms. The molecule has 3 rings (SSSR count). The first kappa shape index (κ1) is 14.4. The molecule has 5 nitrogen and oxygen atoms in total. The van der Waals surface area contributed by atoms with Crippen molar-refractivity contribution in [3.8, 4) is 5.82 Å². The Morgan fingerprint density at radius 1 is 1.00 bits per heavy atom. The Kier molecular flexibility index (Phi) is 4.27. The molecule has 3 aromatic rings. The van der Waals surface area contributed by atoms with Crippen LogP contribution in [0.5, 0.6) is 0 Å². The fraction of sp³-hybridized carbons (Fsp3) is 0.176. The molecule has 0 bridgehead atoms. The lowest BCUT2D eigenvalue weighted by atomic mass is 10.1. The van der Waals surface area contributed by atoms with Crippen LogP contribution in [0, 0.1) is 0 Å². The monoisotopic (exact) mass is 295 g/mol. The second-order valence-electron chi connectivity index (χ2n) is 5.06. The fourth-order valence-corrected chi connectivity index (χ4v) is 2.26. The molecule has 0 aliphatic carbocycles. The summed E-state index contributed by atoms with van der Waals surface area (Å²) in [7, 11) is 0. The first-order valence-electron chi connectivity index (χ1n) is 7.13. The van der Waals surface area contributed by atoms with Crippen molar-refractivity contribution in [3.05, 3.63) is 77.7 Å². The maximum absolute atomic E-state index is 9.21. The second kappa shape index (κ2) is 6.51. The second-order valence-corrected chi connectivity index (χ2v) is 5.06. The van der Waals surface area contributed by atoms with E-state index in [0.717, 1.165) is 18.5 Å². The number of rotatable bonds is 5. The van der Waals surface area contributed by atoms with Crippen molar-refractivity contribution in [2.75, 3.05) is 0 Å². The van der Waals surface area contributed by atoms with Gasteiger partial charge in [-0.15, -0.1) is 0 Å². The van der Waals surface area contributed by atoms with E-state index in [-0.39, 0.29) is 0 Å². The summed E-state index contributed by atoms with van der Waals surface area (Å²) in [6, 6.07) is 15.4. The van der Waals surface area contributed by atoms with E-state index in [1.807, 2.05) is 30.5 Å². The Balaban J connectivity index is 1.72. The minimum absolute atomic E-state index is 0.395. The molecule has 5 heteroatoms. The summed E-state index contributed by atoms with van der Waals surface area (Å²) in [6.07, 6.45) is 3.64. The van der Waals surface area contributed by atoms with Crippen molar-refractivity contribution < 1.29 is 10.2 Å². The van der Waals surface area contributed by atoms with Crippen molar-refractivity contribution in [2.45, 2.75) is 19.1 Å². The summed E-state index contributed by atoms with van der Waals surface area (Å²) in [6.45, 7) is 0. The summed E-state index contributed by atoms with van der Waals surface area (Å²) >= 11 is 0. The van der Waals surface area contributed by atoms with Gasteiger partial charge in [-0.05, 0) is 36.6 Å². The van der Waals surface area contributed by atoms with E-state index in [9.17, 15) is 10.2 Å². The van der Waals surface area contributed by atoms with Crippen molar-refractivity contribution in [3.63, 3.8) is 0 Å². The number of benzene rings is 1. The number of pyridine rings is 1. The third-order valence-electron chi connectivity index (χ3n) is 3.46. The van der Waals surface area contributed by atoms with Gasteiger partial charge in [-0.25, -0.2) is 9.67 Å². The maximum Gasteiger partial charge on any atom is 0.178 e. The van der Waals surface area contributed by atoms with Gasteiger partial charge in [0.25, 0.3) is 0 Å². The predicted octanol–water partition coefficient (Wildman–Crippen LogP) is 2.04. The van der Waals surface area contributed by atoms with E-state index in [0.29, 0.717) is 11.4 Å². The summed E-state index contributed by atoms with van der Waals surface area (Å²) in [5.74, 6) is 0.566. The lowest BCUT2D eigenvalue weighted by Gasteiger charge is -2.05. The van der Waals surface area contributed by atoms with Gasteiger partial charge in [0.2, 0.25) is 0 Å². The molecule has 112 valence electrons. The van der Waals surface area contributed by atoms with E-state index in [1.165, 1.54) is 11.8 Å². The smallest absolute Gasteiger partial charge is 0.178 e. The highest BCUT2D eigenvalue weighted by Gasteiger charge is 2.07. The first-order valence-corrected chi connectivity index (χ1v) is 7.13. The zero-order valence-electron chi connectivity index (χ0n) is 12.0. The molecule has 0 saturated heterocycles. The number of hydrogen-bond donors (Lipinski definition) is 2. The van der Waals surface area contributed by atoms with E-state index in [2.05, 4.69) is 22.2 Å². The SMILES string of the molecule is OC(O)c1ccnc(-n2ccc(CCc3ccccc3)n2)c1. The van der Waals surface area contributed by atoms with Crippen LogP contribution in [0.2, 0.25) is 0 Å². The van der Waals surface area contributed by atoms with Gasteiger partial charge in [-0.2, -0.15) is 5.10 Å². The van der Waals surface area contributed by atoms with Gasteiger partial charge in [-0.1, -0.05) is 30.3 Å². The molecule has 2 N–H and O–H groups in total. The molecule has 0 radical (unpaired) electrons. The number of aliphatic hydroxyl groups excluding tert-OH is 1. The molecule has 0 fully saturated rings. The highest BCUT2D eigenvalue weighted by atomic mass is 16.5. The van der Waals surface area contributed by atoms with E-state index in [4.69, 9.17) is 0 Å². The number of hydrogen-bond acceptors (Lipinski definition) is 4. The molecule has 0 aliphatic rings. The van der Waals surface area contributed by atoms with Crippen molar-refractivity contribution in [2.24, 2.45) is 0 Å². The maximum atomic E-state index is 9.21. The average Bonchev–Trinajstić information content (AvgIpc) is 3.03. The standard InChI is InChI=1S/C17H17N3O2/c21-17(22)14-8-10-18-16(12-14)20-11-9-15(19-20)7-6-13-4-2-1-3-5-13/h1-5,8-12,17,21-22H,6-7H2. The Morgan fingerprint density at radius 3 is 2.59 bits per heavy atom. The molecule has 0 aliphatic heterocycles. The topological polar surface area (TPSA) is 71.2 Å². The Hall–Kier alpha value is -2.50. The highest BCUT2D eigenvalue weighted by molar-refractivity contribution is 5.28. The number of nitrogens with zero attached hydrogens (tertiary/aromatic N) is 3. The van der Waals surface area contributed by atoms with Gasteiger partial charge >= 0.3 is 0 Å². The molecule has 0 unspecified atom stereocenters. The number of aryl methyl sites for hydroxylation is 2. The summed E-state index contributed by atoms with van der Waals surface area (Å²) in [4.78, 5) is 4.20. The van der Waals surface area contributed by atoms with Crippen LogP contribution in [0.15, 0.2) is 60.9 Å². The predicted molar refractivity (Wildman–Crippen MR) is 82.4 cm³/mol. The van der Waals surface area contributed by atoms with E-state index >= 15 is 0 Å². The van der Waals surface area contributed by atoms with Gasteiger partial charge in [-0.3, -0.25) is 0 Å². The zero-order chi connectivity index (χ0) is 15.4. The quantitative estimate of drug-likeness (QED) is 0.707. The van der Waals surface area contributed by atoms with Crippen molar-refractivity contribution in [1.29, 1.82) is 0 Å². The summed E-state index contributed by atoms with van der Waals surface area (Å²) < 4.78 is 1.65. The van der Waals surface area contributed by atoms with Crippen molar-refractivity contribution >= 4 is 0 Å². The molecular weight excluding hydrogens is 278 g/mol. The normalized spacial score (nSPS) is 11.0. The van der Waals surface area contributed by atoms with Crippen LogP contribution < -0.4 is 0 Å². The number of aliphatic hydroxyl groups is 2. The van der Waals surface area contributed by atoms with Crippen LogP contribution in [0.1, 0.15) is 23.1 Å². The van der Waals surface area contributed by atoms with E-state index in [1.54, 1.807) is 16.8 Å². The fourth-order valence-electron chi connectivity index (χ4n) is 2.26. The van der Waals surface area contributed by atoms with Crippen LogP contribution >= 0.6 is 0 Å². The molecule has 0 saturated carbocycles. The highest BCUT2D eigenvalue weighted by Crippen LogP contribution is 2.13. The van der Waals surface area contributed by atoms with Crippen LogP contribution in [0.3, 0.4) is 0 Å². The van der Waals surface area contributed by atoms with Crippen molar-refractivity contribution in [1.82, 2.24) is 14.8 Å². The van der Waals surface area contributed by atoms with Gasteiger partial charge in [0.1, 0.15) is 0 Å². The lowest BCUT2D eigenvalue weighted by Crippen LogP contribution is -2.03. The third kappa shape index (κ3) is 3.39.